The molecule has 1 aromatic heterocycles. The zero-order valence-electron chi connectivity index (χ0n) is 9.44. The van der Waals surface area contributed by atoms with E-state index in [2.05, 4.69) is 18.8 Å². The van der Waals surface area contributed by atoms with E-state index in [0.717, 1.165) is 11.1 Å². The highest BCUT2D eigenvalue weighted by molar-refractivity contribution is 5.66. The molecule has 0 unspecified atom stereocenters. The van der Waals surface area contributed by atoms with Crippen molar-refractivity contribution in [2.24, 2.45) is 0 Å². The zero-order chi connectivity index (χ0) is 11.5. The van der Waals surface area contributed by atoms with Gasteiger partial charge in [-0.15, -0.1) is 0 Å². The van der Waals surface area contributed by atoms with Gasteiger partial charge in [0.05, 0.1) is 0 Å². The van der Waals surface area contributed by atoms with Crippen molar-refractivity contribution in [2.45, 2.75) is 19.8 Å². The van der Waals surface area contributed by atoms with Crippen LogP contribution in [0.5, 0.6) is 0 Å². The summed E-state index contributed by atoms with van der Waals surface area (Å²) in [6.07, 6.45) is 3.63. The summed E-state index contributed by atoms with van der Waals surface area (Å²) in [4.78, 5) is 4.13. The second-order valence-electron chi connectivity index (χ2n) is 4.12. The molecule has 0 atom stereocenters. The smallest absolute Gasteiger partial charge is 0.123 e. The van der Waals surface area contributed by atoms with E-state index in [0.29, 0.717) is 5.92 Å². The second kappa shape index (κ2) is 4.44. The molecule has 0 aliphatic carbocycles. The van der Waals surface area contributed by atoms with Gasteiger partial charge in [0.15, 0.2) is 0 Å². The lowest BCUT2D eigenvalue weighted by Crippen LogP contribution is -1.93. The summed E-state index contributed by atoms with van der Waals surface area (Å²) in [6.45, 7) is 4.28. The van der Waals surface area contributed by atoms with Gasteiger partial charge in [-0.2, -0.15) is 0 Å². The van der Waals surface area contributed by atoms with E-state index >= 15 is 0 Å². The lowest BCUT2D eigenvalue weighted by atomic mass is 9.95. The molecule has 82 valence electrons. The van der Waals surface area contributed by atoms with Gasteiger partial charge < -0.3 is 0 Å². The van der Waals surface area contributed by atoms with Crippen LogP contribution in [0.25, 0.3) is 11.1 Å². The van der Waals surface area contributed by atoms with Crippen molar-refractivity contribution in [3.63, 3.8) is 0 Å². The lowest BCUT2D eigenvalue weighted by molar-refractivity contribution is 0.628. The van der Waals surface area contributed by atoms with Crippen LogP contribution in [0.15, 0.2) is 42.7 Å². The maximum atomic E-state index is 12.8. The second-order valence-corrected chi connectivity index (χ2v) is 4.12. The minimum absolute atomic E-state index is 0.210. The van der Waals surface area contributed by atoms with Crippen molar-refractivity contribution >= 4 is 0 Å². The van der Waals surface area contributed by atoms with Crippen LogP contribution in [0.3, 0.4) is 0 Å². The topological polar surface area (TPSA) is 12.9 Å². The van der Waals surface area contributed by atoms with Crippen LogP contribution in [-0.4, -0.2) is 4.98 Å². The Kier molecular flexibility index (Phi) is 3.00. The summed E-state index contributed by atoms with van der Waals surface area (Å²) in [7, 11) is 0. The Bertz CT molecular complexity index is 474. The Morgan fingerprint density at radius 1 is 1.06 bits per heavy atom. The number of hydrogen-bond donors (Lipinski definition) is 0. The van der Waals surface area contributed by atoms with Gasteiger partial charge in [0.2, 0.25) is 0 Å². The molecular weight excluding hydrogens is 201 g/mol. The van der Waals surface area contributed by atoms with Gasteiger partial charge >= 0.3 is 0 Å². The van der Waals surface area contributed by atoms with Gasteiger partial charge in [0.1, 0.15) is 5.82 Å². The SMILES string of the molecule is CC(C)c1ccncc1-c1ccc(F)cc1. The average Bonchev–Trinajstić information content (AvgIpc) is 2.30. The van der Waals surface area contributed by atoms with Gasteiger partial charge in [0, 0.05) is 18.0 Å². The van der Waals surface area contributed by atoms with Gasteiger partial charge in [0.25, 0.3) is 0 Å². The van der Waals surface area contributed by atoms with Crippen LogP contribution in [0.4, 0.5) is 4.39 Å². The van der Waals surface area contributed by atoms with E-state index in [4.69, 9.17) is 0 Å². The van der Waals surface area contributed by atoms with E-state index in [1.54, 1.807) is 18.3 Å². The molecular formula is C14H14FN. The highest BCUT2D eigenvalue weighted by Gasteiger charge is 2.08. The molecule has 0 radical (unpaired) electrons. The number of benzene rings is 1. The predicted molar refractivity (Wildman–Crippen MR) is 63.7 cm³/mol. The molecule has 1 aromatic carbocycles. The van der Waals surface area contributed by atoms with Crippen molar-refractivity contribution < 1.29 is 4.39 Å². The average molecular weight is 215 g/mol. The zero-order valence-corrected chi connectivity index (χ0v) is 9.44. The van der Waals surface area contributed by atoms with Crippen LogP contribution in [0.1, 0.15) is 25.3 Å². The normalized spacial score (nSPS) is 10.8. The van der Waals surface area contributed by atoms with Crippen molar-refractivity contribution in [3.8, 4) is 11.1 Å². The standard InChI is InChI=1S/C14H14FN/c1-10(2)13-7-8-16-9-14(13)11-3-5-12(15)6-4-11/h3-10H,1-2H3. The Hall–Kier alpha value is -1.70. The molecule has 0 saturated carbocycles. The Morgan fingerprint density at radius 3 is 2.38 bits per heavy atom. The summed E-state index contributed by atoms with van der Waals surface area (Å²) in [6, 6.07) is 8.55. The molecule has 16 heavy (non-hydrogen) atoms. The number of pyridine rings is 1. The van der Waals surface area contributed by atoms with E-state index in [-0.39, 0.29) is 5.82 Å². The highest BCUT2D eigenvalue weighted by Crippen LogP contribution is 2.28. The quantitative estimate of drug-likeness (QED) is 0.737. The van der Waals surface area contributed by atoms with Crippen LogP contribution in [0.2, 0.25) is 0 Å². The number of hydrogen-bond acceptors (Lipinski definition) is 1. The van der Waals surface area contributed by atoms with Gasteiger partial charge in [-0.25, -0.2) is 4.39 Å². The van der Waals surface area contributed by atoms with Crippen molar-refractivity contribution in [3.05, 3.63) is 54.1 Å². The van der Waals surface area contributed by atoms with Crippen molar-refractivity contribution in [1.29, 1.82) is 0 Å². The van der Waals surface area contributed by atoms with Crippen LogP contribution < -0.4 is 0 Å². The van der Waals surface area contributed by atoms with Gasteiger partial charge in [-0.05, 0) is 35.2 Å². The summed E-state index contributed by atoms with van der Waals surface area (Å²) in [5.74, 6) is 0.224. The number of halogens is 1. The molecule has 0 amide bonds. The molecule has 2 rings (SSSR count). The third-order valence-electron chi connectivity index (χ3n) is 2.63. The van der Waals surface area contributed by atoms with E-state index in [1.165, 1.54) is 17.7 Å². The first-order valence-electron chi connectivity index (χ1n) is 5.38. The summed E-state index contributed by atoms with van der Waals surface area (Å²) in [5.41, 5.74) is 3.33. The number of rotatable bonds is 2. The van der Waals surface area contributed by atoms with E-state index in [1.807, 2.05) is 12.3 Å². The Morgan fingerprint density at radius 2 is 1.75 bits per heavy atom. The fraction of sp³-hybridized carbons (Fsp3) is 0.214. The maximum Gasteiger partial charge on any atom is 0.123 e. The monoisotopic (exact) mass is 215 g/mol. The molecule has 0 aliphatic rings. The third-order valence-corrected chi connectivity index (χ3v) is 2.63. The number of aromatic nitrogens is 1. The molecule has 0 N–H and O–H groups in total. The Labute approximate surface area is 95.0 Å². The summed E-state index contributed by atoms with van der Waals surface area (Å²) < 4.78 is 12.8. The predicted octanol–water partition coefficient (Wildman–Crippen LogP) is 4.01. The third kappa shape index (κ3) is 2.11. The highest BCUT2D eigenvalue weighted by atomic mass is 19.1. The molecule has 2 heteroatoms. The number of nitrogens with zero attached hydrogens (tertiary/aromatic N) is 1. The van der Waals surface area contributed by atoms with Gasteiger partial charge in [-0.1, -0.05) is 26.0 Å². The van der Waals surface area contributed by atoms with Gasteiger partial charge in [-0.3, -0.25) is 4.98 Å². The molecule has 0 saturated heterocycles. The first kappa shape index (κ1) is 10.8. The lowest BCUT2D eigenvalue weighted by Gasteiger charge is -2.11. The molecule has 0 spiro atoms. The minimum Gasteiger partial charge on any atom is -0.264 e. The molecule has 1 nitrogen and oxygen atoms in total. The van der Waals surface area contributed by atoms with Crippen LogP contribution >= 0.6 is 0 Å². The largest absolute Gasteiger partial charge is 0.264 e. The van der Waals surface area contributed by atoms with Crippen LogP contribution in [0, 0.1) is 5.82 Å². The minimum atomic E-state index is -0.210. The van der Waals surface area contributed by atoms with E-state index in [9.17, 15) is 4.39 Å². The molecule has 0 fully saturated rings. The first-order chi connectivity index (χ1) is 7.68. The van der Waals surface area contributed by atoms with Crippen molar-refractivity contribution in [2.75, 3.05) is 0 Å². The van der Waals surface area contributed by atoms with Crippen LogP contribution in [-0.2, 0) is 0 Å². The Balaban J connectivity index is 2.51. The summed E-state index contributed by atoms with van der Waals surface area (Å²) in [5, 5.41) is 0. The molecule has 1 heterocycles. The first-order valence-corrected chi connectivity index (χ1v) is 5.38. The summed E-state index contributed by atoms with van der Waals surface area (Å²) >= 11 is 0. The fourth-order valence-electron chi connectivity index (χ4n) is 1.78. The fourth-order valence-corrected chi connectivity index (χ4v) is 1.78. The maximum absolute atomic E-state index is 12.8. The van der Waals surface area contributed by atoms with Crippen molar-refractivity contribution in [1.82, 2.24) is 4.98 Å². The molecule has 0 aliphatic heterocycles. The van der Waals surface area contributed by atoms with E-state index < -0.39 is 0 Å². The molecule has 0 bridgehead atoms. The molecule has 2 aromatic rings.